The number of hydrogen-bond acceptors (Lipinski definition) is 4. The van der Waals surface area contributed by atoms with Crippen molar-refractivity contribution >= 4 is 10.9 Å². The summed E-state index contributed by atoms with van der Waals surface area (Å²) in [4.78, 5) is 8.84. The first-order valence-corrected chi connectivity index (χ1v) is 8.82. The van der Waals surface area contributed by atoms with E-state index >= 15 is 0 Å². The molecule has 0 aliphatic carbocycles. The molecule has 0 aliphatic heterocycles. The molecule has 0 radical (unpaired) electrons. The fourth-order valence-electron chi connectivity index (χ4n) is 3.41. The molecule has 134 valence electrons. The molecule has 1 N–H and O–H groups in total. The van der Waals surface area contributed by atoms with E-state index < -0.39 is 5.60 Å². The number of benzene rings is 3. The van der Waals surface area contributed by atoms with Crippen LogP contribution >= 0.6 is 0 Å². The third-order valence-corrected chi connectivity index (χ3v) is 4.80. The summed E-state index contributed by atoms with van der Waals surface area (Å²) in [6.07, 6.45) is 1.92. The van der Waals surface area contributed by atoms with Crippen LogP contribution < -0.4 is 4.74 Å². The molecule has 1 aromatic heterocycles. The molecule has 1 heterocycles. The van der Waals surface area contributed by atoms with Gasteiger partial charge in [0.2, 0.25) is 0 Å². The molecule has 0 bridgehead atoms. The van der Waals surface area contributed by atoms with Gasteiger partial charge in [-0.25, -0.2) is 9.97 Å². The topological polar surface area (TPSA) is 55.2 Å². The van der Waals surface area contributed by atoms with Crippen molar-refractivity contribution in [2.45, 2.75) is 12.0 Å². The largest absolute Gasteiger partial charge is 0.497 e. The van der Waals surface area contributed by atoms with Gasteiger partial charge in [0.1, 0.15) is 17.7 Å². The van der Waals surface area contributed by atoms with Crippen LogP contribution in [0.1, 0.15) is 16.8 Å². The molecule has 4 aromatic rings. The lowest BCUT2D eigenvalue weighted by atomic mass is 9.82. The lowest BCUT2D eigenvalue weighted by molar-refractivity contribution is 0.0780. The minimum Gasteiger partial charge on any atom is -0.497 e. The zero-order chi connectivity index (χ0) is 18.7. The number of fused-ring (bicyclic) bond motifs is 1. The molecule has 3 aromatic carbocycles. The summed E-state index contributed by atoms with van der Waals surface area (Å²) in [6, 6.07) is 25.2. The van der Waals surface area contributed by atoms with E-state index in [1.807, 2.05) is 78.9 Å². The zero-order valence-corrected chi connectivity index (χ0v) is 15.0. The van der Waals surface area contributed by atoms with Gasteiger partial charge in [-0.15, -0.1) is 0 Å². The van der Waals surface area contributed by atoms with Crippen LogP contribution in [-0.2, 0) is 12.0 Å². The molecule has 4 nitrogen and oxygen atoms in total. The third-order valence-electron chi connectivity index (χ3n) is 4.80. The second kappa shape index (κ2) is 7.17. The summed E-state index contributed by atoms with van der Waals surface area (Å²) in [6.45, 7) is 0. The predicted molar refractivity (Wildman–Crippen MR) is 106 cm³/mol. The molecule has 0 fully saturated rings. The van der Waals surface area contributed by atoms with Crippen LogP contribution in [0.5, 0.6) is 5.75 Å². The van der Waals surface area contributed by atoms with Crippen molar-refractivity contribution in [2.24, 2.45) is 0 Å². The molecule has 4 rings (SSSR count). The quantitative estimate of drug-likeness (QED) is 0.584. The Bertz CT molecular complexity index is 1040. The number of nitrogens with zero attached hydrogens (tertiary/aromatic N) is 2. The number of aromatic nitrogens is 2. The Morgan fingerprint density at radius 3 is 2.30 bits per heavy atom. The zero-order valence-electron chi connectivity index (χ0n) is 15.0. The highest BCUT2D eigenvalue weighted by molar-refractivity contribution is 5.82. The van der Waals surface area contributed by atoms with Crippen LogP contribution in [0.4, 0.5) is 0 Å². The van der Waals surface area contributed by atoms with Gasteiger partial charge >= 0.3 is 0 Å². The van der Waals surface area contributed by atoms with E-state index in [1.54, 1.807) is 7.11 Å². The Labute approximate surface area is 158 Å². The number of ether oxygens (including phenoxy) is 1. The van der Waals surface area contributed by atoms with Crippen LogP contribution in [0.2, 0.25) is 0 Å². The number of aliphatic hydroxyl groups is 1. The minimum absolute atomic E-state index is 0.404. The van der Waals surface area contributed by atoms with Crippen molar-refractivity contribution in [2.75, 3.05) is 7.11 Å². The summed E-state index contributed by atoms with van der Waals surface area (Å²) in [5, 5.41) is 12.8. The van der Waals surface area contributed by atoms with Gasteiger partial charge in [-0.05, 0) is 29.3 Å². The predicted octanol–water partition coefficient (Wildman–Crippen LogP) is 4.12. The summed E-state index contributed by atoms with van der Waals surface area (Å²) in [7, 11) is 1.63. The molecule has 0 amide bonds. The maximum Gasteiger partial charge on any atom is 0.136 e. The number of rotatable bonds is 5. The normalized spacial score (nSPS) is 13.3. The fraction of sp³-hybridized carbons (Fsp3) is 0.130. The smallest absolute Gasteiger partial charge is 0.136 e. The van der Waals surface area contributed by atoms with E-state index in [0.717, 1.165) is 27.8 Å². The van der Waals surface area contributed by atoms with Gasteiger partial charge in [0.15, 0.2) is 0 Å². The van der Waals surface area contributed by atoms with E-state index in [9.17, 15) is 5.11 Å². The maximum atomic E-state index is 11.9. The van der Waals surface area contributed by atoms with Gasteiger partial charge in [-0.2, -0.15) is 0 Å². The Hall–Kier alpha value is -3.24. The highest BCUT2D eigenvalue weighted by Crippen LogP contribution is 2.36. The second-order valence-corrected chi connectivity index (χ2v) is 6.49. The van der Waals surface area contributed by atoms with Crippen LogP contribution in [0, 0.1) is 0 Å². The molecule has 1 atom stereocenters. The Morgan fingerprint density at radius 1 is 0.852 bits per heavy atom. The first-order chi connectivity index (χ1) is 13.2. The van der Waals surface area contributed by atoms with Crippen molar-refractivity contribution in [1.82, 2.24) is 9.97 Å². The SMILES string of the molecule is COc1ccc(C(O)(Cc2ccccc2)c2ncnc3ccccc23)cc1. The van der Waals surface area contributed by atoms with E-state index in [0.29, 0.717) is 12.1 Å². The minimum atomic E-state index is -1.30. The monoisotopic (exact) mass is 356 g/mol. The van der Waals surface area contributed by atoms with Gasteiger partial charge in [-0.1, -0.05) is 60.7 Å². The number of hydrogen-bond donors (Lipinski definition) is 1. The lowest BCUT2D eigenvalue weighted by Gasteiger charge is -2.29. The lowest BCUT2D eigenvalue weighted by Crippen LogP contribution is -2.31. The first kappa shape index (κ1) is 17.2. The molecular weight excluding hydrogens is 336 g/mol. The van der Waals surface area contributed by atoms with Crippen molar-refractivity contribution in [3.8, 4) is 5.75 Å². The van der Waals surface area contributed by atoms with E-state index in [-0.39, 0.29) is 0 Å². The summed E-state index contributed by atoms with van der Waals surface area (Å²) in [5.41, 5.74) is 1.90. The maximum absolute atomic E-state index is 11.9. The average molecular weight is 356 g/mol. The molecule has 27 heavy (non-hydrogen) atoms. The molecule has 4 heteroatoms. The molecular formula is C23H20N2O2. The Balaban J connectivity index is 1.91. The van der Waals surface area contributed by atoms with E-state index in [4.69, 9.17) is 4.74 Å². The Morgan fingerprint density at radius 2 is 1.56 bits per heavy atom. The van der Waals surface area contributed by atoms with Gasteiger partial charge in [0, 0.05) is 11.8 Å². The third kappa shape index (κ3) is 3.27. The van der Waals surface area contributed by atoms with Crippen molar-refractivity contribution in [3.05, 3.63) is 102 Å². The van der Waals surface area contributed by atoms with Gasteiger partial charge in [0.25, 0.3) is 0 Å². The Kier molecular flexibility index (Phi) is 4.57. The standard InChI is InChI=1S/C23H20N2O2/c1-27-19-13-11-18(12-14-19)23(26,15-17-7-3-2-4-8-17)22-20-9-5-6-10-21(20)24-16-25-22/h2-14,16,26H,15H2,1H3. The summed E-state index contributed by atoms with van der Waals surface area (Å²) in [5.74, 6) is 0.744. The summed E-state index contributed by atoms with van der Waals surface area (Å²) < 4.78 is 5.27. The van der Waals surface area contributed by atoms with Gasteiger partial charge in [0.05, 0.1) is 18.3 Å². The van der Waals surface area contributed by atoms with Crippen molar-refractivity contribution in [1.29, 1.82) is 0 Å². The molecule has 0 spiro atoms. The van der Waals surface area contributed by atoms with Crippen molar-refractivity contribution < 1.29 is 9.84 Å². The van der Waals surface area contributed by atoms with E-state index in [2.05, 4.69) is 9.97 Å². The molecule has 0 saturated carbocycles. The second-order valence-electron chi connectivity index (χ2n) is 6.49. The fourth-order valence-corrected chi connectivity index (χ4v) is 3.41. The van der Waals surface area contributed by atoms with Crippen LogP contribution in [0.15, 0.2) is 85.2 Å². The first-order valence-electron chi connectivity index (χ1n) is 8.82. The number of methoxy groups -OCH3 is 1. The van der Waals surface area contributed by atoms with Crippen LogP contribution in [0.25, 0.3) is 10.9 Å². The van der Waals surface area contributed by atoms with Crippen LogP contribution in [0.3, 0.4) is 0 Å². The van der Waals surface area contributed by atoms with Gasteiger partial charge in [-0.3, -0.25) is 0 Å². The highest BCUT2D eigenvalue weighted by Gasteiger charge is 2.35. The molecule has 0 aliphatic rings. The molecule has 1 unspecified atom stereocenters. The van der Waals surface area contributed by atoms with Crippen LogP contribution in [-0.4, -0.2) is 22.2 Å². The average Bonchev–Trinajstić information content (AvgIpc) is 2.74. The van der Waals surface area contributed by atoms with Crippen molar-refractivity contribution in [3.63, 3.8) is 0 Å². The highest BCUT2D eigenvalue weighted by atomic mass is 16.5. The van der Waals surface area contributed by atoms with Gasteiger partial charge < -0.3 is 9.84 Å². The number of para-hydroxylation sites is 1. The van der Waals surface area contributed by atoms with E-state index in [1.165, 1.54) is 6.33 Å². The molecule has 0 saturated heterocycles. The summed E-state index contributed by atoms with van der Waals surface area (Å²) >= 11 is 0.